The lowest BCUT2D eigenvalue weighted by Gasteiger charge is -2.09. The third-order valence-electron chi connectivity index (χ3n) is 2.32. The number of carboxylic acids is 1. The van der Waals surface area contributed by atoms with Crippen LogP contribution < -0.4 is 0 Å². The molecule has 1 rings (SSSR count). The van der Waals surface area contributed by atoms with Crippen molar-refractivity contribution in [1.82, 2.24) is 9.97 Å². The Morgan fingerprint density at radius 3 is 2.57 bits per heavy atom. The number of hydrogen-bond donors (Lipinski definition) is 1. The van der Waals surface area contributed by atoms with Crippen LogP contribution in [-0.2, 0) is 4.74 Å². The minimum absolute atomic E-state index is 0.0295. The molecule has 0 saturated carbocycles. The zero-order valence-corrected chi connectivity index (χ0v) is 12.3. The Kier molecular flexibility index (Phi) is 6.41. The largest absolute Gasteiger partial charge is 0.478 e. The molecule has 0 bridgehead atoms. The first-order valence-electron chi connectivity index (χ1n) is 6.06. The van der Waals surface area contributed by atoms with Gasteiger partial charge in [-0.1, -0.05) is 0 Å². The normalized spacial score (nSPS) is 11.7. The highest BCUT2D eigenvalue weighted by molar-refractivity contribution is 7.99. The monoisotopic (exact) mass is 324 g/mol. The van der Waals surface area contributed by atoms with E-state index in [4.69, 9.17) is 5.11 Å². The van der Waals surface area contributed by atoms with Crippen LogP contribution in [0.15, 0.2) is 5.03 Å². The molecule has 0 aliphatic carbocycles. The molecule has 0 aliphatic heterocycles. The van der Waals surface area contributed by atoms with Gasteiger partial charge < -0.3 is 9.84 Å². The number of carboxylic acid groups (broad SMARTS) is 1. The number of hydrogen-bond acceptors (Lipinski definition) is 5. The number of halogens is 3. The maximum atomic E-state index is 11.8. The molecule has 1 N–H and O–H groups in total. The van der Waals surface area contributed by atoms with Crippen molar-refractivity contribution < 1.29 is 27.8 Å². The molecule has 9 heteroatoms. The molecule has 0 radical (unpaired) electrons. The summed E-state index contributed by atoms with van der Waals surface area (Å²) in [6.45, 7) is 1.91. The molecule has 0 saturated heterocycles. The van der Waals surface area contributed by atoms with E-state index in [1.54, 1.807) is 13.8 Å². The minimum atomic E-state index is -4.33. The summed E-state index contributed by atoms with van der Waals surface area (Å²) < 4.78 is 40.0. The first-order valence-corrected chi connectivity index (χ1v) is 7.05. The maximum absolute atomic E-state index is 11.8. The molecule has 0 aliphatic rings. The van der Waals surface area contributed by atoms with Crippen molar-refractivity contribution >= 4 is 17.7 Å². The summed E-state index contributed by atoms with van der Waals surface area (Å²) in [5, 5.41) is 9.45. The molecule has 0 amide bonds. The van der Waals surface area contributed by atoms with Gasteiger partial charge in [0.05, 0.1) is 5.69 Å². The van der Waals surface area contributed by atoms with Crippen LogP contribution in [0, 0.1) is 13.8 Å². The number of ether oxygens (including phenoxy) is 1. The molecule has 0 unspecified atom stereocenters. The fourth-order valence-electron chi connectivity index (χ4n) is 1.55. The average Bonchev–Trinajstić information content (AvgIpc) is 2.30. The van der Waals surface area contributed by atoms with Crippen LogP contribution in [-0.4, -0.2) is 46.2 Å². The predicted molar refractivity (Wildman–Crippen MR) is 70.7 cm³/mol. The van der Waals surface area contributed by atoms with Crippen molar-refractivity contribution in [2.45, 2.75) is 31.5 Å². The molecular weight excluding hydrogens is 309 g/mol. The Morgan fingerprint density at radius 2 is 2.00 bits per heavy atom. The van der Waals surface area contributed by atoms with Gasteiger partial charge in [-0.05, 0) is 20.3 Å². The van der Waals surface area contributed by atoms with E-state index in [0.29, 0.717) is 28.7 Å². The summed E-state index contributed by atoms with van der Waals surface area (Å²) in [5.74, 6) is -0.259. The Hall–Kier alpha value is -1.35. The highest BCUT2D eigenvalue weighted by atomic mass is 32.2. The van der Waals surface area contributed by atoms with E-state index in [0.717, 1.165) is 0 Å². The number of nitrogens with zero attached hydrogens (tertiary/aromatic N) is 2. The van der Waals surface area contributed by atoms with Crippen LogP contribution in [0.1, 0.15) is 28.3 Å². The molecule has 1 aromatic heterocycles. The van der Waals surface area contributed by atoms with Crippen LogP contribution in [0.5, 0.6) is 0 Å². The van der Waals surface area contributed by atoms with Gasteiger partial charge in [0.2, 0.25) is 0 Å². The summed E-state index contributed by atoms with van der Waals surface area (Å²) in [5.41, 5.74) is 0.396. The van der Waals surface area contributed by atoms with E-state index in [1.807, 2.05) is 0 Å². The topological polar surface area (TPSA) is 72.3 Å². The number of aromatic nitrogens is 2. The molecule has 1 heterocycles. The number of aromatic carboxylic acids is 1. The first kappa shape index (κ1) is 17.7. The SMILES string of the molecule is Cc1nc(C)c(C(=O)O)c(SCCCOCC(F)(F)F)n1. The van der Waals surface area contributed by atoms with E-state index >= 15 is 0 Å². The standard InChI is InChI=1S/C12H15F3N2O3S/c1-7-9(11(18)19)10(17-8(2)16-7)21-5-3-4-20-6-12(13,14)15/h3-6H2,1-2H3,(H,18,19). The Labute approximate surface area is 123 Å². The Morgan fingerprint density at radius 1 is 1.33 bits per heavy atom. The second-order valence-corrected chi connectivity index (χ2v) is 5.29. The van der Waals surface area contributed by atoms with Crippen LogP contribution in [0.2, 0.25) is 0 Å². The zero-order valence-electron chi connectivity index (χ0n) is 11.5. The molecule has 21 heavy (non-hydrogen) atoms. The quantitative estimate of drug-likeness (QED) is 0.472. The molecule has 0 aromatic carbocycles. The summed E-state index contributed by atoms with van der Waals surface area (Å²) in [6, 6.07) is 0. The molecule has 5 nitrogen and oxygen atoms in total. The number of thioether (sulfide) groups is 1. The molecule has 0 atom stereocenters. The van der Waals surface area contributed by atoms with Crippen molar-refractivity contribution in [2.75, 3.05) is 19.0 Å². The van der Waals surface area contributed by atoms with Gasteiger partial charge in [-0.2, -0.15) is 13.2 Å². The summed E-state index contributed by atoms with van der Waals surface area (Å²) in [6.07, 6.45) is -3.97. The van der Waals surface area contributed by atoms with Crippen LogP contribution >= 0.6 is 11.8 Å². The average molecular weight is 324 g/mol. The molecule has 118 valence electrons. The van der Waals surface area contributed by atoms with E-state index < -0.39 is 18.8 Å². The van der Waals surface area contributed by atoms with Gasteiger partial charge >= 0.3 is 12.1 Å². The number of carbonyl (C=O) groups is 1. The summed E-state index contributed by atoms with van der Waals surface area (Å²) in [7, 11) is 0. The van der Waals surface area contributed by atoms with Crippen LogP contribution in [0.25, 0.3) is 0 Å². The van der Waals surface area contributed by atoms with Gasteiger partial charge in [0.15, 0.2) is 0 Å². The number of rotatable bonds is 7. The third-order valence-corrected chi connectivity index (χ3v) is 3.38. The fraction of sp³-hybridized carbons (Fsp3) is 0.583. The minimum Gasteiger partial charge on any atom is -0.478 e. The highest BCUT2D eigenvalue weighted by Crippen LogP contribution is 2.23. The van der Waals surface area contributed by atoms with Crippen LogP contribution in [0.3, 0.4) is 0 Å². The molecule has 1 aromatic rings. The van der Waals surface area contributed by atoms with Gasteiger partial charge in [-0.3, -0.25) is 0 Å². The van der Waals surface area contributed by atoms with Gasteiger partial charge in [0.25, 0.3) is 0 Å². The van der Waals surface area contributed by atoms with E-state index in [1.165, 1.54) is 11.8 Å². The highest BCUT2D eigenvalue weighted by Gasteiger charge is 2.27. The summed E-state index contributed by atoms with van der Waals surface area (Å²) in [4.78, 5) is 19.2. The number of alkyl halides is 3. The van der Waals surface area contributed by atoms with Crippen molar-refractivity contribution in [1.29, 1.82) is 0 Å². The summed E-state index contributed by atoms with van der Waals surface area (Å²) >= 11 is 1.17. The van der Waals surface area contributed by atoms with E-state index in [9.17, 15) is 18.0 Å². The molecular formula is C12H15F3N2O3S. The van der Waals surface area contributed by atoms with Gasteiger partial charge in [0, 0.05) is 12.4 Å². The van der Waals surface area contributed by atoms with Crippen LogP contribution in [0.4, 0.5) is 13.2 Å². The van der Waals surface area contributed by atoms with E-state index in [-0.39, 0.29) is 12.2 Å². The fourth-order valence-corrected chi connectivity index (χ4v) is 2.58. The smallest absolute Gasteiger partial charge is 0.411 e. The van der Waals surface area contributed by atoms with Crippen molar-refractivity contribution in [3.63, 3.8) is 0 Å². The Balaban J connectivity index is 2.50. The van der Waals surface area contributed by atoms with Crippen molar-refractivity contribution in [3.8, 4) is 0 Å². The Bertz CT molecular complexity index is 509. The van der Waals surface area contributed by atoms with Crippen molar-refractivity contribution in [2.24, 2.45) is 0 Å². The first-order chi connectivity index (χ1) is 9.70. The maximum Gasteiger partial charge on any atom is 0.411 e. The van der Waals surface area contributed by atoms with Gasteiger partial charge in [-0.25, -0.2) is 14.8 Å². The second kappa shape index (κ2) is 7.60. The lowest BCUT2D eigenvalue weighted by molar-refractivity contribution is -0.173. The van der Waals surface area contributed by atoms with E-state index in [2.05, 4.69) is 14.7 Å². The third kappa shape index (κ3) is 6.30. The van der Waals surface area contributed by atoms with Gasteiger partial charge in [0.1, 0.15) is 23.0 Å². The zero-order chi connectivity index (χ0) is 16.0. The van der Waals surface area contributed by atoms with Gasteiger partial charge in [-0.15, -0.1) is 11.8 Å². The number of aryl methyl sites for hydroxylation is 2. The molecule has 0 spiro atoms. The lowest BCUT2D eigenvalue weighted by atomic mass is 10.2. The predicted octanol–water partition coefficient (Wildman–Crippen LogP) is 2.85. The lowest BCUT2D eigenvalue weighted by Crippen LogP contribution is -2.17. The van der Waals surface area contributed by atoms with Crippen molar-refractivity contribution in [3.05, 3.63) is 17.1 Å². The second-order valence-electron chi connectivity index (χ2n) is 4.21. The molecule has 0 fully saturated rings.